The molecule has 1 heterocycles. The van der Waals surface area contributed by atoms with Gasteiger partial charge in [-0.15, -0.1) is 0 Å². The zero-order valence-corrected chi connectivity index (χ0v) is 13.2. The first-order valence-electron chi connectivity index (χ1n) is 7.40. The summed E-state index contributed by atoms with van der Waals surface area (Å²) >= 11 is 0. The normalized spacial score (nSPS) is 13.2. The number of hydrogen-bond donors (Lipinski definition) is 1. The van der Waals surface area contributed by atoms with Crippen LogP contribution in [0, 0.1) is 0 Å². The monoisotopic (exact) mass is 288 g/mol. The van der Waals surface area contributed by atoms with Gasteiger partial charge in [0.1, 0.15) is 11.8 Å². The molecule has 0 aliphatic heterocycles. The van der Waals surface area contributed by atoms with Gasteiger partial charge >= 0.3 is 0 Å². The van der Waals surface area contributed by atoms with Crippen LogP contribution in [0.4, 0.5) is 0 Å². The second kappa shape index (κ2) is 6.31. The lowest BCUT2D eigenvalue weighted by Gasteiger charge is -2.37. The van der Waals surface area contributed by atoms with Gasteiger partial charge in [-0.05, 0) is 18.4 Å². The van der Waals surface area contributed by atoms with Crippen molar-refractivity contribution < 1.29 is 9.84 Å². The molecule has 2 aromatic rings. The van der Waals surface area contributed by atoms with E-state index >= 15 is 0 Å². The highest BCUT2D eigenvalue weighted by Gasteiger charge is 2.40. The minimum absolute atomic E-state index is 0.345. The first-order chi connectivity index (χ1) is 10.1. The Bertz CT molecular complexity index is 574. The Morgan fingerprint density at radius 3 is 2.38 bits per heavy atom. The second-order valence-corrected chi connectivity index (χ2v) is 5.35. The van der Waals surface area contributed by atoms with Crippen LogP contribution in [0.1, 0.15) is 44.1 Å². The van der Waals surface area contributed by atoms with E-state index in [2.05, 4.69) is 31.1 Å². The Labute approximate surface area is 126 Å². The number of rotatable bonds is 6. The van der Waals surface area contributed by atoms with E-state index in [0.29, 0.717) is 5.75 Å². The van der Waals surface area contributed by atoms with E-state index in [0.717, 1.165) is 24.1 Å². The number of aliphatic hydroxyl groups excluding tert-OH is 1. The predicted molar refractivity (Wildman–Crippen MR) is 83.4 cm³/mol. The van der Waals surface area contributed by atoms with Crippen LogP contribution in [0.25, 0.3) is 0 Å². The average molecular weight is 288 g/mol. The molecule has 2 rings (SSSR count). The standard InChI is InChI=1S/C17H24N2O2/c1-5-17(6-2,13-10-8-7-9-11-13)16(20)15-14(21-4)12-18-19(15)3/h7-12,16,20H,5-6H2,1-4H3. The van der Waals surface area contributed by atoms with Gasteiger partial charge in [0.25, 0.3) is 0 Å². The summed E-state index contributed by atoms with van der Waals surface area (Å²) in [5.74, 6) is 0.632. The van der Waals surface area contributed by atoms with Crippen molar-refractivity contribution in [2.75, 3.05) is 7.11 Å². The molecule has 1 atom stereocenters. The highest BCUT2D eigenvalue weighted by atomic mass is 16.5. The molecule has 1 aromatic heterocycles. The second-order valence-electron chi connectivity index (χ2n) is 5.35. The van der Waals surface area contributed by atoms with Crippen molar-refractivity contribution in [1.82, 2.24) is 9.78 Å². The van der Waals surface area contributed by atoms with Crippen LogP contribution < -0.4 is 4.74 Å². The van der Waals surface area contributed by atoms with Crippen LogP contribution in [0.3, 0.4) is 0 Å². The molecule has 4 heteroatoms. The van der Waals surface area contributed by atoms with Gasteiger partial charge in [0, 0.05) is 12.5 Å². The van der Waals surface area contributed by atoms with Crippen molar-refractivity contribution in [1.29, 1.82) is 0 Å². The third kappa shape index (κ3) is 2.56. The SMILES string of the molecule is CCC(CC)(c1ccccc1)C(O)c1c(OC)cnn1C. The lowest BCUT2D eigenvalue weighted by atomic mass is 9.70. The van der Waals surface area contributed by atoms with Crippen molar-refractivity contribution in [2.45, 2.75) is 38.2 Å². The molecule has 0 fully saturated rings. The maximum absolute atomic E-state index is 11.1. The number of benzene rings is 1. The Morgan fingerprint density at radius 1 is 1.24 bits per heavy atom. The van der Waals surface area contributed by atoms with E-state index in [1.54, 1.807) is 18.0 Å². The largest absolute Gasteiger partial charge is 0.493 e. The van der Waals surface area contributed by atoms with Crippen LogP contribution in [0.15, 0.2) is 36.5 Å². The van der Waals surface area contributed by atoms with Crippen LogP contribution in [-0.4, -0.2) is 22.0 Å². The van der Waals surface area contributed by atoms with Gasteiger partial charge in [-0.1, -0.05) is 44.2 Å². The van der Waals surface area contributed by atoms with Gasteiger partial charge in [-0.3, -0.25) is 4.68 Å². The van der Waals surface area contributed by atoms with Crippen LogP contribution in [-0.2, 0) is 12.5 Å². The van der Waals surface area contributed by atoms with Crippen molar-refractivity contribution in [2.24, 2.45) is 7.05 Å². The molecule has 1 aromatic carbocycles. The Morgan fingerprint density at radius 2 is 1.86 bits per heavy atom. The summed E-state index contributed by atoms with van der Waals surface area (Å²) in [7, 11) is 3.44. The summed E-state index contributed by atoms with van der Waals surface area (Å²) in [4.78, 5) is 0. The number of nitrogens with zero attached hydrogens (tertiary/aromatic N) is 2. The summed E-state index contributed by atoms with van der Waals surface area (Å²) in [6, 6.07) is 10.2. The summed E-state index contributed by atoms with van der Waals surface area (Å²) < 4.78 is 7.06. The highest BCUT2D eigenvalue weighted by Crippen LogP contribution is 2.45. The number of aryl methyl sites for hydroxylation is 1. The van der Waals surface area contributed by atoms with Crippen molar-refractivity contribution in [3.63, 3.8) is 0 Å². The zero-order valence-electron chi connectivity index (χ0n) is 13.2. The molecule has 4 nitrogen and oxygen atoms in total. The van der Waals surface area contributed by atoms with E-state index in [1.165, 1.54) is 0 Å². The molecule has 0 radical (unpaired) electrons. The van der Waals surface area contributed by atoms with Crippen LogP contribution in [0.2, 0.25) is 0 Å². The maximum atomic E-state index is 11.1. The fraction of sp³-hybridized carbons (Fsp3) is 0.471. The average Bonchev–Trinajstić information content (AvgIpc) is 2.90. The number of aromatic nitrogens is 2. The molecule has 0 saturated heterocycles. The van der Waals surface area contributed by atoms with E-state index < -0.39 is 6.10 Å². The zero-order chi connectivity index (χ0) is 15.5. The van der Waals surface area contributed by atoms with Gasteiger partial charge in [-0.25, -0.2) is 0 Å². The topological polar surface area (TPSA) is 47.3 Å². The van der Waals surface area contributed by atoms with E-state index in [4.69, 9.17) is 4.74 Å². The fourth-order valence-corrected chi connectivity index (χ4v) is 3.13. The van der Waals surface area contributed by atoms with Gasteiger partial charge in [-0.2, -0.15) is 5.10 Å². The first-order valence-corrected chi connectivity index (χ1v) is 7.40. The highest BCUT2D eigenvalue weighted by molar-refractivity contribution is 5.35. The van der Waals surface area contributed by atoms with Gasteiger partial charge < -0.3 is 9.84 Å². The third-order valence-electron chi connectivity index (χ3n) is 4.56. The van der Waals surface area contributed by atoms with Crippen molar-refractivity contribution >= 4 is 0 Å². The Kier molecular flexibility index (Phi) is 4.68. The van der Waals surface area contributed by atoms with Gasteiger partial charge in [0.05, 0.1) is 13.3 Å². The van der Waals surface area contributed by atoms with Crippen molar-refractivity contribution in [3.05, 3.63) is 47.8 Å². The summed E-state index contributed by atoms with van der Waals surface area (Å²) in [6.45, 7) is 4.23. The van der Waals surface area contributed by atoms with Crippen molar-refractivity contribution in [3.8, 4) is 5.75 Å². The van der Waals surface area contributed by atoms with E-state index in [-0.39, 0.29) is 5.41 Å². The lowest BCUT2D eigenvalue weighted by Crippen LogP contribution is -2.34. The first kappa shape index (κ1) is 15.6. The number of aliphatic hydroxyl groups is 1. The number of methoxy groups -OCH3 is 1. The fourth-order valence-electron chi connectivity index (χ4n) is 3.13. The minimum atomic E-state index is -0.669. The number of ether oxygens (including phenoxy) is 1. The van der Waals surface area contributed by atoms with E-state index in [1.807, 2.05) is 25.2 Å². The molecular formula is C17H24N2O2. The third-order valence-corrected chi connectivity index (χ3v) is 4.56. The molecule has 0 saturated carbocycles. The number of hydrogen-bond acceptors (Lipinski definition) is 3. The molecule has 0 spiro atoms. The lowest BCUT2D eigenvalue weighted by molar-refractivity contribution is 0.0633. The summed E-state index contributed by atoms with van der Waals surface area (Å²) in [5.41, 5.74) is 1.53. The Balaban J connectivity index is 2.54. The molecular weight excluding hydrogens is 264 g/mol. The molecule has 0 amide bonds. The Hall–Kier alpha value is -1.81. The van der Waals surface area contributed by atoms with Crippen LogP contribution in [0.5, 0.6) is 5.75 Å². The molecule has 1 unspecified atom stereocenters. The predicted octanol–water partition coefficient (Wildman–Crippen LogP) is 3.22. The maximum Gasteiger partial charge on any atom is 0.162 e. The van der Waals surface area contributed by atoms with Crippen LogP contribution >= 0.6 is 0 Å². The van der Waals surface area contributed by atoms with E-state index in [9.17, 15) is 5.11 Å². The minimum Gasteiger partial charge on any atom is -0.493 e. The van der Waals surface area contributed by atoms with Gasteiger partial charge in [0.15, 0.2) is 5.75 Å². The molecule has 0 aliphatic rings. The molecule has 114 valence electrons. The quantitative estimate of drug-likeness (QED) is 0.888. The summed E-state index contributed by atoms with van der Waals surface area (Å²) in [6.07, 6.45) is 2.66. The molecule has 0 bridgehead atoms. The summed E-state index contributed by atoms with van der Waals surface area (Å²) in [5, 5.41) is 15.3. The molecule has 1 N–H and O–H groups in total. The molecule has 0 aliphatic carbocycles. The molecule has 21 heavy (non-hydrogen) atoms. The smallest absolute Gasteiger partial charge is 0.162 e. The van der Waals surface area contributed by atoms with Gasteiger partial charge in [0.2, 0.25) is 0 Å².